The third-order valence-electron chi connectivity index (χ3n) is 0.564. The zero-order valence-electron chi connectivity index (χ0n) is 4.81. The van der Waals surface area contributed by atoms with Crippen LogP contribution in [0.1, 0.15) is 0 Å². The van der Waals surface area contributed by atoms with Gasteiger partial charge in [-0.25, -0.2) is 8.78 Å². The second-order valence-electron chi connectivity index (χ2n) is 1.44. The van der Waals surface area contributed by atoms with Gasteiger partial charge in [-0.15, -0.1) is 0 Å². The van der Waals surface area contributed by atoms with Crippen molar-refractivity contribution in [3.05, 3.63) is 12.4 Å². The fourth-order valence-corrected chi connectivity index (χ4v) is 0.231. The standard InChI is InChI=1S/C5H8F2O2/c1-4(7)3-9-5(8)2-6/h5,8H,1-3H2. The van der Waals surface area contributed by atoms with Gasteiger partial charge in [0.25, 0.3) is 0 Å². The average molecular weight is 138 g/mol. The summed E-state index contributed by atoms with van der Waals surface area (Å²) in [5.41, 5.74) is 0. The highest BCUT2D eigenvalue weighted by atomic mass is 19.1. The van der Waals surface area contributed by atoms with E-state index < -0.39 is 25.4 Å². The average Bonchev–Trinajstić information content (AvgIpc) is 1.83. The number of hydrogen-bond acceptors (Lipinski definition) is 2. The van der Waals surface area contributed by atoms with Gasteiger partial charge in [0, 0.05) is 0 Å². The van der Waals surface area contributed by atoms with E-state index in [0.717, 1.165) is 0 Å². The number of halogens is 2. The molecule has 1 atom stereocenters. The number of aliphatic hydroxyl groups excluding tert-OH is 1. The van der Waals surface area contributed by atoms with Gasteiger partial charge in [-0.05, 0) is 0 Å². The maximum absolute atomic E-state index is 11.6. The quantitative estimate of drug-likeness (QED) is 0.581. The highest BCUT2D eigenvalue weighted by Gasteiger charge is 2.01. The molecule has 1 unspecified atom stereocenters. The van der Waals surface area contributed by atoms with Crippen LogP contribution in [0.25, 0.3) is 0 Å². The molecule has 0 saturated heterocycles. The van der Waals surface area contributed by atoms with Crippen LogP contribution in [0.3, 0.4) is 0 Å². The zero-order valence-corrected chi connectivity index (χ0v) is 4.81. The minimum absolute atomic E-state index is 0.453. The van der Waals surface area contributed by atoms with Crippen LogP contribution >= 0.6 is 0 Å². The molecule has 0 aromatic heterocycles. The molecule has 0 spiro atoms. The van der Waals surface area contributed by atoms with Crippen LogP contribution in [0.4, 0.5) is 8.78 Å². The monoisotopic (exact) mass is 138 g/mol. The zero-order chi connectivity index (χ0) is 7.28. The molecule has 0 rings (SSSR count). The van der Waals surface area contributed by atoms with Gasteiger partial charge in [-0.3, -0.25) is 0 Å². The van der Waals surface area contributed by atoms with Gasteiger partial charge >= 0.3 is 0 Å². The smallest absolute Gasteiger partial charge is 0.183 e. The van der Waals surface area contributed by atoms with Crippen LogP contribution < -0.4 is 0 Å². The first-order valence-corrected chi connectivity index (χ1v) is 2.35. The summed E-state index contributed by atoms with van der Waals surface area (Å²) >= 11 is 0. The van der Waals surface area contributed by atoms with Crippen molar-refractivity contribution in [2.45, 2.75) is 6.29 Å². The number of alkyl halides is 1. The largest absolute Gasteiger partial charge is 0.366 e. The summed E-state index contributed by atoms with van der Waals surface area (Å²) in [6.45, 7) is 1.35. The van der Waals surface area contributed by atoms with E-state index in [1.54, 1.807) is 0 Å². The van der Waals surface area contributed by atoms with Crippen LogP contribution in [-0.2, 0) is 4.74 Å². The molecule has 0 bridgehead atoms. The molecule has 0 aromatic rings. The predicted molar refractivity (Wildman–Crippen MR) is 28.2 cm³/mol. The van der Waals surface area contributed by atoms with Crippen LogP contribution in [0.2, 0.25) is 0 Å². The molecule has 1 N–H and O–H groups in total. The van der Waals surface area contributed by atoms with Crippen molar-refractivity contribution in [2.75, 3.05) is 13.3 Å². The molecule has 54 valence electrons. The first kappa shape index (κ1) is 8.52. The van der Waals surface area contributed by atoms with Crippen molar-refractivity contribution < 1.29 is 18.6 Å². The van der Waals surface area contributed by atoms with E-state index in [4.69, 9.17) is 5.11 Å². The van der Waals surface area contributed by atoms with Crippen molar-refractivity contribution in [1.82, 2.24) is 0 Å². The Hall–Kier alpha value is -0.480. The molecule has 4 heteroatoms. The van der Waals surface area contributed by atoms with Crippen LogP contribution in [-0.4, -0.2) is 24.7 Å². The number of hydrogen-bond donors (Lipinski definition) is 1. The molecule has 9 heavy (non-hydrogen) atoms. The van der Waals surface area contributed by atoms with Crippen LogP contribution in [0, 0.1) is 0 Å². The molecular weight excluding hydrogens is 130 g/mol. The van der Waals surface area contributed by atoms with Crippen molar-refractivity contribution in [1.29, 1.82) is 0 Å². The molecule has 0 aromatic carbocycles. The fraction of sp³-hybridized carbons (Fsp3) is 0.600. The Labute approximate surface area is 51.7 Å². The van der Waals surface area contributed by atoms with E-state index in [0.29, 0.717) is 0 Å². The van der Waals surface area contributed by atoms with Gasteiger partial charge < -0.3 is 9.84 Å². The molecular formula is C5H8F2O2. The van der Waals surface area contributed by atoms with Crippen LogP contribution in [0.5, 0.6) is 0 Å². The maximum Gasteiger partial charge on any atom is 0.183 e. The Morgan fingerprint density at radius 3 is 2.67 bits per heavy atom. The second kappa shape index (κ2) is 4.40. The Balaban J connectivity index is 3.16. The minimum atomic E-state index is -1.53. The maximum atomic E-state index is 11.6. The Bertz CT molecular complexity index is 95.0. The number of rotatable bonds is 4. The van der Waals surface area contributed by atoms with E-state index in [9.17, 15) is 8.78 Å². The van der Waals surface area contributed by atoms with Crippen molar-refractivity contribution in [3.63, 3.8) is 0 Å². The van der Waals surface area contributed by atoms with E-state index >= 15 is 0 Å². The summed E-state index contributed by atoms with van der Waals surface area (Å²) in [7, 11) is 0. The minimum Gasteiger partial charge on any atom is -0.366 e. The number of ether oxygens (including phenoxy) is 1. The predicted octanol–water partition coefficient (Wildman–Crippen LogP) is 0.774. The van der Waals surface area contributed by atoms with Crippen molar-refractivity contribution in [2.24, 2.45) is 0 Å². The molecule has 0 fully saturated rings. The van der Waals surface area contributed by atoms with Gasteiger partial charge in [-0.1, -0.05) is 6.58 Å². The lowest BCUT2D eigenvalue weighted by molar-refractivity contribution is -0.105. The van der Waals surface area contributed by atoms with Gasteiger partial charge in [0.15, 0.2) is 6.29 Å². The van der Waals surface area contributed by atoms with Crippen molar-refractivity contribution >= 4 is 0 Å². The van der Waals surface area contributed by atoms with Gasteiger partial charge in [0.2, 0.25) is 0 Å². The Kier molecular flexibility index (Phi) is 4.17. The van der Waals surface area contributed by atoms with E-state index in [1.165, 1.54) is 0 Å². The summed E-state index contributed by atoms with van der Waals surface area (Å²) in [5, 5.41) is 8.30. The Morgan fingerprint density at radius 2 is 2.33 bits per heavy atom. The molecule has 0 radical (unpaired) electrons. The third-order valence-corrected chi connectivity index (χ3v) is 0.564. The summed E-state index contributed by atoms with van der Waals surface area (Å²) < 4.78 is 27.1. The first-order valence-electron chi connectivity index (χ1n) is 2.35. The molecule has 0 aliphatic rings. The molecule has 2 nitrogen and oxygen atoms in total. The third kappa shape index (κ3) is 5.39. The van der Waals surface area contributed by atoms with Gasteiger partial charge in [0.05, 0.1) is 0 Å². The Morgan fingerprint density at radius 1 is 1.78 bits per heavy atom. The molecule has 0 aliphatic heterocycles. The summed E-state index contributed by atoms with van der Waals surface area (Å²) in [4.78, 5) is 0. The normalized spacial score (nSPS) is 13.2. The topological polar surface area (TPSA) is 29.5 Å². The lowest BCUT2D eigenvalue weighted by Gasteiger charge is -2.04. The van der Waals surface area contributed by atoms with Gasteiger partial charge in [0.1, 0.15) is 19.1 Å². The van der Waals surface area contributed by atoms with Crippen LogP contribution in [0.15, 0.2) is 12.4 Å². The highest BCUT2D eigenvalue weighted by molar-refractivity contribution is 4.78. The van der Waals surface area contributed by atoms with E-state index in [2.05, 4.69) is 11.3 Å². The summed E-state index contributed by atoms with van der Waals surface area (Å²) in [6.07, 6.45) is -1.53. The molecule has 0 amide bonds. The second-order valence-corrected chi connectivity index (χ2v) is 1.44. The SMILES string of the molecule is C=C(F)COC(O)CF. The van der Waals surface area contributed by atoms with E-state index in [-0.39, 0.29) is 0 Å². The summed E-state index contributed by atoms with van der Waals surface area (Å²) in [5.74, 6) is -0.734. The highest BCUT2D eigenvalue weighted by Crippen LogP contribution is 1.95. The number of aliphatic hydroxyl groups is 1. The lowest BCUT2D eigenvalue weighted by Crippen LogP contribution is -2.14. The molecule has 0 aliphatic carbocycles. The van der Waals surface area contributed by atoms with E-state index in [1.807, 2.05) is 0 Å². The summed E-state index contributed by atoms with van der Waals surface area (Å²) in [6, 6.07) is 0. The lowest BCUT2D eigenvalue weighted by atomic mass is 10.6. The van der Waals surface area contributed by atoms with Crippen molar-refractivity contribution in [3.8, 4) is 0 Å². The molecule has 0 heterocycles. The first-order chi connectivity index (χ1) is 4.16. The van der Waals surface area contributed by atoms with Gasteiger partial charge in [-0.2, -0.15) is 0 Å². The fourth-order valence-electron chi connectivity index (χ4n) is 0.231. The molecule has 0 saturated carbocycles.